The molecule has 0 aliphatic carbocycles. The molecule has 1 saturated heterocycles. The van der Waals surface area contributed by atoms with E-state index in [4.69, 9.17) is 31.4 Å². The molecule has 0 spiro atoms. The van der Waals surface area contributed by atoms with Gasteiger partial charge < -0.3 is 53.4 Å². The number of carbonyl (C=O) groups is 6. The van der Waals surface area contributed by atoms with Gasteiger partial charge in [0.15, 0.2) is 0 Å². The molecule has 9 aromatic rings. The molecule has 30 heteroatoms. The van der Waals surface area contributed by atoms with E-state index in [0.717, 1.165) is 47.1 Å². The molecule has 9 heterocycles. The van der Waals surface area contributed by atoms with E-state index in [0.29, 0.717) is 84.0 Å². The molecule has 2 aromatic carbocycles. The molecular formula is C57H55N15O9S6. The molecule has 448 valence electrons. The number of benzene rings is 2. The zero-order chi connectivity index (χ0) is 61.0. The molecular weight excluding hydrogens is 1230 g/mol. The Kier molecular flexibility index (Phi) is 18.4. The van der Waals surface area contributed by atoms with Crippen molar-refractivity contribution < 1.29 is 44.1 Å². The predicted octanol–water partition coefficient (Wildman–Crippen LogP) is 5.57. The van der Waals surface area contributed by atoms with Crippen molar-refractivity contribution in [1.29, 1.82) is 0 Å². The minimum absolute atomic E-state index is 0.00707. The number of phenolic OH excluding ortho intramolecular Hbond substituents is 1. The molecule has 87 heavy (non-hydrogen) atoms. The molecule has 0 unspecified atom stereocenters. The van der Waals surface area contributed by atoms with Gasteiger partial charge in [-0.25, -0.2) is 34.9 Å². The van der Waals surface area contributed by atoms with Crippen molar-refractivity contribution in [3.8, 4) is 49.1 Å². The molecule has 10 bridgehead atoms. The Morgan fingerprint density at radius 2 is 1.26 bits per heavy atom. The van der Waals surface area contributed by atoms with Crippen LogP contribution in [0.15, 0.2) is 93.6 Å². The van der Waals surface area contributed by atoms with E-state index in [-0.39, 0.29) is 45.0 Å². The number of hydrogen-bond acceptors (Lipinski definition) is 24. The lowest BCUT2D eigenvalue weighted by Gasteiger charge is -2.34. The molecule has 6 amide bonds. The number of phenols is 1. The van der Waals surface area contributed by atoms with Crippen LogP contribution in [0.3, 0.4) is 0 Å². The first-order valence-corrected chi connectivity index (χ1v) is 32.3. The SMILES string of the molecule is Cc1sc2nc1C(=O)N[C@@H]([C@H](O)c1ccccc1)c1nc(cs1)C(=O)N[C@@H](Cc1ccc(O)cc1)C(=O)N[C@@H]([C@@H](C)[C@@H](O)CN1CCNCC1)c1nc(cs1)-c1nc(cs1)-c1nc(-c3nc(C(N)=O)cs3)ccc1-c1nc(cs1)C(=O)N[C@H]2CC(N)=O. The van der Waals surface area contributed by atoms with Gasteiger partial charge in [0.25, 0.3) is 23.6 Å². The van der Waals surface area contributed by atoms with Gasteiger partial charge in [-0.2, -0.15) is 0 Å². The molecule has 0 saturated carbocycles. The van der Waals surface area contributed by atoms with E-state index in [1.165, 1.54) is 62.3 Å². The van der Waals surface area contributed by atoms with Crippen molar-refractivity contribution in [2.24, 2.45) is 17.4 Å². The van der Waals surface area contributed by atoms with Crippen molar-refractivity contribution in [1.82, 2.24) is 66.4 Å². The first-order valence-electron chi connectivity index (χ1n) is 27.1. The molecule has 11 rings (SSSR count). The van der Waals surface area contributed by atoms with E-state index >= 15 is 4.79 Å². The van der Waals surface area contributed by atoms with Crippen LogP contribution in [0.25, 0.3) is 43.4 Å². The third kappa shape index (κ3) is 13.8. The van der Waals surface area contributed by atoms with E-state index in [9.17, 15) is 39.3 Å². The van der Waals surface area contributed by atoms with E-state index in [2.05, 4.69) is 46.4 Å². The third-order valence-corrected chi connectivity index (χ3v) is 20.0. The van der Waals surface area contributed by atoms with Gasteiger partial charge in [0.05, 0.1) is 30.3 Å². The summed E-state index contributed by atoms with van der Waals surface area (Å²) < 4.78 is 0. The van der Waals surface area contributed by atoms with Gasteiger partial charge in [0.1, 0.15) is 93.8 Å². The maximum absolute atomic E-state index is 15.1. The summed E-state index contributed by atoms with van der Waals surface area (Å²) in [5.74, 6) is -4.96. The lowest BCUT2D eigenvalue weighted by molar-refractivity contribution is -0.124. The summed E-state index contributed by atoms with van der Waals surface area (Å²) in [5.41, 5.74) is 14.2. The Morgan fingerprint density at radius 1 is 0.632 bits per heavy atom. The van der Waals surface area contributed by atoms with E-state index < -0.39 is 84.2 Å². The number of hydrogen-bond donors (Lipinski definition) is 10. The second-order valence-electron chi connectivity index (χ2n) is 20.5. The van der Waals surface area contributed by atoms with Crippen molar-refractivity contribution in [2.75, 3.05) is 32.7 Å². The quantitative estimate of drug-likeness (QED) is 0.0715. The maximum Gasteiger partial charge on any atom is 0.271 e. The molecule has 24 nitrogen and oxygen atoms in total. The van der Waals surface area contributed by atoms with Crippen LogP contribution < -0.4 is 38.1 Å². The first kappa shape index (κ1) is 60.5. The summed E-state index contributed by atoms with van der Waals surface area (Å²) >= 11 is 6.85. The van der Waals surface area contributed by atoms with Crippen molar-refractivity contribution in [3.63, 3.8) is 0 Å². The standard InChI is InChI=1S/C57H55N15O9S6/c1-26(40(74)20-72-16-14-60-15-17-72)42-56-68-39(25-86-56)54-64-35(21-83-54)44-31(12-13-32(61-44)53-65-36(22-84-53)47(59)77)52-66-37(23-82-52)50(80)63-34(19-41(58)75)55-71-43(27(2)87-55)51(81)70-45(46(76)29-6-4-3-5-7-29)57-67-38(24-85-57)49(79)62-33(48(78)69-42)18-28-8-10-30(73)11-9-28/h3-13,21-26,33-34,40,42,45-46,60,73-74,76H,14-20H2,1-2H3,(H2,58,75)(H2,59,77)(H,62,79)(H,63,80)(H,69,78)(H,70,81)/t26-,33-,34-,40-,42-,45-,46+/m0/s1. The average Bonchev–Trinajstić information content (AvgIpc) is 2.50. The highest BCUT2D eigenvalue weighted by Crippen LogP contribution is 2.40. The first-order chi connectivity index (χ1) is 41.9. The number of aromatic nitrogens is 7. The number of rotatable bonds is 12. The van der Waals surface area contributed by atoms with E-state index in [1.807, 2.05) is 6.92 Å². The molecule has 2 aliphatic heterocycles. The predicted molar refractivity (Wildman–Crippen MR) is 330 cm³/mol. The molecule has 1 fully saturated rings. The minimum atomic E-state index is -1.41. The Hall–Kier alpha value is -8.17. The Labute approximate surface area is 520 Å². The smallest absolute Gasteiger partial charge is 0.271 e. The number of nitrogens with two attached hydrogens (primary N) is 2. The number of carbonyl (C=O) groups excluding carboxylic acids is 6. The van der Waals surface area contributed by atoms with Crippen LogP contribution in [-0.4, -0.2) is 135 Å². The Bertz CT molecular complexity index is 4010. The number of aryl methyl sites for hydroxylation is 1. The topological polar surface area (TPSA) is 369 Å². The summed E-state index contributed by atoms with van der Waals surface area (Å²) in [5, 5.41) is 59.3. The Morgan fingerprint density at radius 3 is 1.99 bits per heavy atom. The zero-order valence-electron chi connectivity index (χ0n) is 46.2. The van der Waals surface area contributed by atoms with Crippen LogP contribution in [0.5, 0.6) is 5.75 Å². The average molecular weight is 1290 g/mol. The summed E-state index contributed by atoms with van der Waals surface area (Å²) in [4.78, 5) is 119. The summed E-state index contributed by atoms with van der Waals surface area (Å²) in [7, 11) is 0. The molecule has 0 radical (unpaired) electrons. The van der Waals surface area contributed by atoms with Gasteiger partial charge in [0, 0.05) is 82.4 Å². The zero-order valence-corrected chi connectivity index (χ0v) is 51.1. The number of nitrogens with zero attached hydrogens (tertiary/aromatic N) is 8. The number of aliphatic hydroxyl groups is 2. The fraction of sp³-hybridized carbons (Fsp3) is 0.281. The summed E-state index contributed by atoms with van der Waals surface area (Å²) in [6.45, 7) is 6.65. The van der Waals surface area contributed by atoms with E-state index in [1.54, 1.807) is 72.3 Å². The van der Waals surface area contributed by atoms with Gasteiger partial charge in [-0.3, -0.25) is 33.7 Å². The fourth-order valence-electron chi connectivity index (χ4n) is 9.78. The number of fused-ring (bicyclic) bond motifs is 14. The van der Waals surface area contributed by atoms with Crippen LogP contribution in [0.2, 0.25) is 0 Å². The number of primary amides is 2. The number of nitrogens with one attached hydrogen (secondary N) is 5. The number of amides is 6. The number of thiazole rings is 6. The van der Waals surface area contributed by atoms with Gasteiger partial charge in [-0.05, 0) is 42.3 Å². The van der Waals surface area contributed by atoms with Crippen molar-refractivity contribution >= 4 is 103 Å². The largest absolute Gasteiger partial charge is 0.508 e. The summed E-state index contributed by atoms with van der Waals surface area (Å²) in [6.07, 6.45) is -2.83. The highest BCUT2D eigenvalue weighted by Gasteiger charge is 2.36. The summed E-state index contributed by atoms with van der Waals surface area (Å²) in [6, 6.07) is 13.6. The highest BCUT2D eigenvalue weighted by atomic mass is 32.1. The second-order valence-corrected chi connectivity index (χ2v) is 26.1. The van der Waals surface area contributed by atoms with Crippen molar-refractivity contribution in [3.05, 3.63) is 147 Å². The third-order valence-electron chi connectivity index (χ3n) is 14.5. The molecule has 7 aromatic heterocycles. The van der Waals surface area contributed by atoms with Crippen LogP contribution in [0.1, 0.15) is 111 Å². The number of β-amino-alcohol motifs (C(OH)–C–C–N with tert-alkyl or cyclic N) is 1. The monoisotopic (exact) mass is 1290 g/mol. The maximum atomic E-state index is 15.1. The minimum Gasteiger partial charge on any atom is -0.508 e. The van der Waals surface area contributed by atoms with Crippen LogP contribution in [0, 0.1) is 12.8 Å². The van der Waals surface area contributed by atoms with Crippen LogP contribution >= 0.6 is 68.0 Å². The molecule has 7 atom stereocenters. The lowest BCUT2D eigenvalue weighted by atomic mass is 9.94. The van der Waals surface area contributed by atoms with Gasteiger partial charge in [-0.15, -0.1) is 68.0 Å². The number of aromatic hydroxyl groups is 1. The van der Waals surface area contributed by atoms with Crippen LogP contribution in [0.4, 0.5) is 0 Å². The number of pyridine rings is 1. The fourth-order valence-corrected chi connectivity index (χ4v) is 15.0. The van der Waals surface area contributed by atoms with Gasteiger partial charge in [-0.1, -0.05) is 49.4 Å². The van der Waals surface area contributed by atoms with Gasteiger partial charge in [0.2, 0.25) is 11.8 Å². The highest BCUT2D eigenvalue weighted by molar-refractivity contribution is 7.15. The lowest BCUT2D eigenvalue weighted by Crippen LogP contribution is -2.52. The number of aliphatic hydroxyl groups excluding tert-OH is 2. The second kappa shape index (κ2) is 26.4. The van der Waals surface area contributed by atoms with Crippen molar-refractivity contribution in [2.45, 2.75) is 63.1 Å². The normalized spacial score (nSPS) is 19.0. The molecule has 12 N–H and O–H groups in total. The number of piperazine rings is 1. The van der Waals surface area contributed by atoms with Gasteiger partial charge >= 0.3 is 0 Å². The Balaban J connectivity index is 1.02. The molecule has 2 aliphatic rings. The van der Waals surface area contributed by atoms with Crippen LogP contribution in [-0.2, 0) is 16.0 Å².